The molecule has 2 saturated heterocycles. The fraction of sp³-hybridized carbons (Fsp3) is 0.379. The van der Waals surface area contributed by atoms with Gasteiger partial charge in [-0.1, -0.05) is 58.4 Å². The van der Waals surface area contributed by atoms with Crippen LogP contribution in [0.25, 0.3) is 0 Å². The number of rotatable bonds is 8. The van der Waals surface area contributed by atoms with Crippen molar-refractivity contribution in [2.75, 3.05) is 26.2 Å². The standard InChI is InChI=1S/C29H32BrN3O3.ClH/c30-24-10-8-22(9-11-24)21-33-19-15-29(28(33)35)13-17-32(18-14-29)16-12-25(23-5-2-1-3-6-23)31-27(34)26-7-4-20-36-26;/h1-11,20,25H,12-19,21H2,(H,31,34);1H. The molecule has 2 amide bonds. The smallest absolute Gasteiger partial charge is 0.287 e. The molecule has 0 bridgehead atoms. The van der Waals surface area contributed by atoms with Crippen molar-refractivity contribution in [2.24, 2.45) is 5.41 Å². The zero-order valence-corrected chi connectivity index (χ0v) is 23.2. The Morgan fingerprint density at radius 1 is 0.973 bits per heavy atom. The monoisotopic (exact) mass is 585 g/mol. The van der Waals surface area contributed by atoms with Gasteiger partial charge in [-0.15, -0.1) is 12.4 Å². The lowest BCUT2D eigenvalue weighted by Gasteiger charge is -2.38. The number of piperidine rings is 1. The Morgan fingerprint density at radius 3 is 2.35 bits per heavy atom. The highest BCUT2D eigenvalue weighted by Crippen LogP contribution is 2.42. The number of hydrogen-bond acceptors (Lipinski definition) is 4. The van der Waals surface area contributed by atoms with Crippen molar-refractivity contribution in [1.82, 2.24) is 15.1 Å². The van der Waals surface area contributed by atoms with E-state index >= 15 is 0 Å². The lowest BCUT2D eigenvalue weighted by atomic mass is 9.77. The third-order valence-electron chi connectivity index (χ3n) is 7.69. The Hall–Kier alpha value is -2.61. The van der Waals surface area contributed by atoms with Gasteiger partial charge in [0.15, 0.2) is 5.76 Å². The third-order valence-corrected chi connectivity index (χ3v) is 8.22. The molecule has 2 aromatic carbocycles. The average molecular weight is 587 g/mol. The fourth-order valence-electron chi connectivity index (χ4n) is 5.48. The van der Waals surface area contributed by atoms with Crippen LogP contribution in [0.1, 0.15) is 53.4 Å². The van der Waals surface area contributed by atoms with Gasteiger partial charge in [-0.3, -0.25) is 9.59 Å². The van der Waals surface area contributed by atoms with Crippen LogP contribution in [-0.4, -0.2) is 47.8 Å². The SMILES string of the molecule is Cl.O=C(NC(CCN1CCC2(CC1)CCN(Cc1ccc(Br)cc1)C2=O)c1ccccc1)c1ccco1. The summed E-state index contributed by atoms with van der Waals surface area (Å²) in [5.74, 6) is 0.440. The molecule has 2 fully saturated rings. The van der Waals surface area contributed by atoms with Crippen molar-refractivity contribution in [3.8, 4) is 0 Å². The first-order valence-electron chi connectivity index (χ1n) is 12.7. The van der Waals surface area contributed by atoms with Gasteiger partial charge < -0.3 is 19.5 Å². The molecule has 0 saturated carbocycles. The van der Waals surface area contributed by atoms with Gasteiger partial charge >= 0.3 is 0 Å². The van der Waals surface area contributed by atoms with E-state index in [1.54, 1.807) is 12.1 Å². The zero-order chi connectivity index (χ0) is 25.0. The van der Waals surface area contributed by atoms with Crippen LogP contribution in [0.4, 0.5) is 0 Å². The van der Waals surface area contributed by atoms with Crippen LogP contribution in [0, 0.1) is 5.41 Å². The first-order valence-corrected chi connectivity index (χ1v) is 13.5. The second-order valence-corrected chi connectivity index (χ2v) is 10.8. The summed E-state index contributed by atoms with van der Waals surface area (Å²) < 4.78 is 6.33. The number of carbonyl (C=O) groups is 2. The topological polar surface area (TPSA) is 65.8 Å². The predicted molar refractivity (Wildman–Crippen MR) is 150 cm³/mol. The Balaban J connectivity index is 0.00000320. The molecule has 37 heavy (non-hydrogen) atoms. The molecule has 0 aliphatic carbocycles. The summed E-state index contributed by atoms with van der Waals surface area (Å²) in [6.07, 6.45) is 5.06. The maximum Gasteiger partial charge on any atom is 0.287 e. The molecule has 2 aliphatic rings. The second-order valence-electron chi connectivity index (χ2n) is 9.93. The minimum absolute atomic E-state index is 0. The molecule has 1 unspecified atom stereocenters. The summed E-state index contributed by atoms with van der Waals surface area (Å²) in [5.41, 5.74) is 2.04. The summed E-state index contributed by atoms with van der Waals surface area (Å²) in [5, 5.41) is 3.14. The number of carbonyl (C=O) groups excluding carboxylic acids is 2. The molecular weight excluding hydrogens is 554 g/mol. The Bertz CT molecular complexity index is 1160. The van der Waals surface area contributed by atoms with E-state index < -0.39 is 0 Å². The largest absolute Gasteiger partial charge is 0.459 e. The third kappa shape index (κ3) is 6.46. The Morgan fingerprint density at radius 2 is 1.68 bits per heavy atom. The molecular formula is C29H33BrClN3O3. The van der Waals surface area contributed by atoms with Gasteiger partial charge in [-0.2, -0.15) is 0 Å². The number of furan rings is 1. The highest BCUT2D eigenvalue weighted by Gasteiger charge is 2.47. The van der Waals surface area contributed by atoms with Crippen LogP contribution < -0.4 is 5.32 Å². The van der Waals surface area contributed by atoms with Crippen LogP contribution in [0.5, 0.6) is 0 Å². The van der Waals surface area contributed by atoms with Gasteiger partial charge in [-0.25, -0.2) is 0 Å². The summed E-state index contributed by atoms with van der Waals surface area (Å²) in [6, 6.07) is 21.6. The van der Waals surface area contributed by atoms with Gasteiger partial charge in [0.05, 0.1) is 17.7 Å². The Kier molecular flexibility index (Phi) is 9.11. The summed E-state index contributed by atoms with van der Waals surface area (Å²) in [4.78, 5) is 30.5. The molecule has 8 heteroatoms. The molecule has 3 heterocycles. The van der Waals surface area contributed by atoms with Crippen LogP contribution in [0.3, 0.4) is 0 Å². The van der Waals surface area contributed by atoms with Crippen molar-refractivity contribution in [3.63, 3.8) is 0 Å². The van der Waals surface area contributed by atoms with Gasteiger partial charge in [0.25, 0.3) is 5.91 Å². The van der Waals surface area contributed by atoms with Crippen LogP contribution in [0.2, 0.25) is 0 Å². The summed E-state index contributed by atoms with van der Waals surface area (Å²) in [7, 11) is 0. The van der Waals surface area contributed by atoms with Crippen molar-refractivity contribution in [1.29, 1.82) is 0 Å². The van der Waals surface area contributed by atoms with E-state index in [9.17, 15) is 9.59 Å². The number of nitrogens with zero attached hydrogens (tertiary/aromatic N) is 2. The number of halogens is 2. The quantitative estimate of drug-likeness (QED) is 0.360. The van der Waals surface area contributed by atoms with Gasteiger partial charge in [0, 0.05) is 24.1 Å². The first-order chi connectivity index (χ1) is 17.5. The van der Waals surface area contributed by atoms with E-state index in [4.69, 9.17) is 4.42 Å². The molecule has 1 spiro atoms. The lowest BCUT2D eigenvalue weighted by Crippen LogP contribution is -2.45. The molecule has 0 radical (unpaired) electrons. The molecule has 2 aliphatic heterocycles. The van der Waals surface area contributed by atoms with Gasteiger partial charge in [-0.05, 0) is 74.2 Å². The fourth-order valence-corrected chi connectivity index (χ4v) is 5.74. The van der Waals surface area contributed by atoms with E-state index in [1.807, 2.05) is 35.2 Å². The van der Waals surface area contributed by atoms with E-state index in [2.05, 4.69) is 50.4 Å². The maximum absolute atomic E-state index is 13.4. The predicted octanol–water partition coefficient (Wildman–Crippen LogP) is 5.84. The van der Waals surface area contributed by atoms with E-state index in [0.29, 0.717) is 18.2 Å². The normalized spacial score (nSPS) is 18.0. The van der Waals surface area contributed by atoms with Gasteiger partial charge in [0.2, 0.25) is 5.91 Å². The number of hydrogen-bond donors (Lipinski definition) is 1. The molecule has 1 aromatic heterocycles. The van der Waals surface area contributed by atoms with Crippen LogP contribution in [0.15, 0.2) is 81.9 Å². The highest BCUT2D eigenvalue weighted by atomic mass is 79.9. The lowest BCUT2D eigenvalue weighted by molar-refractivity contribution is -0.138. The van der Waals surface area contributed by atoms with Crippen molar-refractivity contribution >= 4 is 40.2 Å². The molecule has 5 rings (SSSR count). The Labute approximate surface area is 232 Å². The number of likely N-dealkylation sites (tertiary alicyclic amines) is 2. The second kappa shape index (κ2) is 12.3. The number of benzene rings is 2. The molecule has 6 nitrogen and oxygen atoms in total. The number of nitrogens with one attached hydrogen (secondary N) is 1. The first kappa shape index (κ1) is 27.4. The highest BCUT2D eigenvalue weighted by molar-refractivity contribution is 9.10. The van der Waals surface area contributed by atoms with Crippen molar-refractivity contribution in [3.05, 3.63) is 94.4 Å². The molecule has 1 atom stereocenters. The molecule has 196 valence electrons. The van der Waals surface area contributed by atoms with E-state index in [-0.39, 0.29) is 29.8 Å². The summed E-state index contributed by atoms with van der Waals surface area (Å²) >= 11 is 3.48. The minimum Gasteiger partial charge on any atom is -0.459 e. The average Bonchev–Trinajstić information content (AvgIpc) is 3.55. The summed E-state index contributed by atoms with van der Waals surface area (Å²) in [6.45, 7) is 4.21. The van der Waals surface area contributed by atoms with E-state index in [1.165, 1.54) is 11.8 Å². The van der Waals surface area contributed by atoms with E-state index in [0.717, 1.165) is 61.9 Å². The van der Waals surface area contributed by atoms with Crippen LogP contribution in [-0.2, 0) is 11.3 Å². The van der Waals surface area contributed by atoms with Gasteiger partial charge in [0.1, 0.15) is 0 Å². The maximum atomic E-state index is 13.4. The van der Waals surface area contributed by atoms with Crippen molar-refractivity contribution in [2.45, 2.75) is 38.3 Å². The number of amides is 2. The minimum atomic E-state index is -0.210. The van der Waals surface area contributed by atoms with Crippen molar-refractivity contribution < 1.29 is 14.0 Å². The molecule has 3 aromatic rings. The zero-order valence-electron chi connectivity index (χ0n) is 20.8. The van der Waals surface area contributed by atoms with Crippen LogP contribution >= 0.6 is 28.3 Å². The molecule has 1 N–H and O–H groups in total.